The van der Waals surface area contributed by atoms with Gasteiger partial charge >= 0.3 is 0 Å². The topological polar surface area (TPSA) is 37.8 Å². The fourth-order valence-electron chi connectivity index (χ4n) is 1.72. The van der Waals surface area contributed by atoms with Crippen LogP contribution in [0.2, 0.25) is 0 Å². The third-order valence-corrected chi connectivity index (χ3v) is 3.46. The monoisotopic (exact) mass is 259 g/mol. The van der Waals surface area contributed by atoms with E-state index in [9.17, 15) is 4.39 Å². The third kappa shape index (κ3) is 2.17. The van der Waals surface area contributed by atoms with Gasteiger partial charge in [-0.2, -0.15) is 0 Å². The lowest BCUT2D eigenvalue weighted by Crippen LogP contribution is -2.01. The molecule has 0 unspecified atom stereocenters. The predicted octanol–water partition coefficient (Wildman–Crippen LogP) is 3.44. The Morgan fingerprint density at radius 3 is 2.78 bits per heavy atom. The lowest BCUT2D eigenvalue weighted by molar-refractivity contribution is 0.627. The highest BCUT2D eigenvalue weighted by Crippen LogP contribution is 2.23. The lowest BCUT2D eigenvalue weighted by atomic mass is 10.2. The minimum atomic E-state index is -0.221. The van der Waals surface area contributed by atoms with Crippen LogP contribution in [0.15, 0.2) is 42.0 Å². The van der Waals surface area contributed by atoms with Gasteiger partial charge in [0.2, 0.25) is 0 Å². The molecule has 3 aromatic rings. The van der Waals surface area contributed by atoms with E-state index >= 15 is 0 Å². The third-order valence-electron chi connectivity index (χ3n) is 2.63. The largest absolute Gasteiger partial charge is 0.365 e. The number of nitrogens with one attached hydrogen (secondary N) is 1. The highest BCUT2D eigenvalue weighted by atomic mass is 32.1. The molecule has 0 spiro atoms. The molecule has 0 atom stereocenters. The van der Waals surface area contributed by atoms with Gasteiger partial charge in [0.1, 0.15) is 22.8 Å². The van der Waals surface area contributed by atoms with Crippen molar-refractivity contribution in [2.75, 3.05) is 5.32 Å². The molecule has 0 saturated heterocycles. The summed E-state index contributed by atoms with van der Waals surface area (Å²) in [7, 11) is 0. The Morgan fingerprint density at radius 1 is 1.11 bits per heavy atom. The van der Waals surface area contributed by atoms with Crippen molar-refractivity contribution in [2.45, 2.75) is 6.54 Å². The van der Waals surface area contributed by atoms with Gasteiger partial charge in [-0.05, 0) is 29.1 Å². The van der Waals surface area contributed by atoms with Crippen LogP contribution in [0.4, 0.5) is 10.2 Å². The van der Waals surface area contributed by atoms with E-state index in [2.05, 4.69) is 15.3 Å². The van der Waals surface area contributed by atoms with Gasteiger partial charge < -0.3 is 5.32 Å². The van der Waals surface area contributed by atoms with E-state index in [0.29, 0.717) is 6.54 Å². The van der Waals surface area contributed by atoms with Crippen LogP contribution in [0.25, 0.3) is 10.2 Å². The Kier molecular flexibility index (Phi) is 2.90. The van der Waals surface area contributed by atoms with Gasteiger partial charge in [-0.1, -0.05) is 12.1 Å². The first-order chi connectivity index (χ1) is 8.83. The fraction of sp³-hybridized carbons (Fsp3) is 0.0769. The molecule has 0 radical (unpaired) electrons. The maximum Gasteiger partial charge on any atom is 0.138 e. The standard InChI is InChI=1S/C13H10FN3S/c14-10-3-1-9(2-4-10)7-15-12-11-5-6-18-13(11)17-8-16-12/h1-6,8H,7H2,(H,15,16,17). The second-order valence-electron chi connectivity index (χ2n) is 3.84. The zero-order valence-electron chi connectivity index (χ0n) is 9.43. The van der Waals surface area contributed by atoms with Crippen LogP contribution in [-0.4, -0.2) is 9.97 Å². The van der Waals surface area contributed by atoms with E-state index in [0.717, 1.165) is 21.6 Å². The van der Waals surface area contributed by atoms with E-state index in [4.69, 9.17) is 0 Å². The van der Waals surface area contributed by atoms with Crippen LogP contribution in [0, 0.1) is 5.82 Å². The van der Waals surface area contributed by atoms with Gasteiger partial charge in [-0.15, -0.1) is 11.3 Å². The van der Waals surface area contributed by atoms with Crippen molar-refractivity contribution in [3.8, 4) is 0 Å². The fourth-order valence-corrected chi connectivity index (χ4v) is 2.45. The lowest BCUT2D eigenvalue weighted by Gasteiger charge is -2.06. The van der Waals surface area contributed by atoms with E-state index in [-0.39, 0.29) is 5.82 Å². The zero-order chi connectivity index (χ0) is 12.4. The van der Waals surface area contributed by atoms with Crippen molar-refractivity contribution in [1.29, 1.82) is 0 Å². The number of aromatic nitrogens is 2. The molecule has 90 valence electrons. The number of fused-ring (bicyclic) bond motifs is 1. The molecule has 0 saturated carbocycles. The molecular weight excluding hydrogens is 249 g/mol. The molecular formula is C13H10FN3S. The molecule has 0 bridgehead atoms. The number of hydrogen-bond donors (Lipinski definition) is 1. The number of rotatable bonds is 3. The van der Waals surface area contributed by atoms with Crippen LogP contribution in [0.1, 0.15) is 5.56 Å². The minimum Gasteiger partial charge on any atom is -0.365 e. The first kappa shape index (κ1) is 11.1. The second-order valence-corrected chi connectivity index (χ2v) is 4.74. The molecule has 3 nitrogen and oxygen atoms in total. The van der Waals surface area contributed by atoms with Crippen molar-refractivity contribution in [3.05, 3.63) is 53.4 Å². The number of anilines is 1. The maximum absolute atomic E-state index is 12.8. The summed E-state index contributed by atoms with van der Waals surface area (Å²) in [6.45, 7) is 0.613. The van der Waals surface area contributed by atoms with Gasteiger partial charge in [-0.3, -0.25) is 0 Å². The van der Waals surface area contributed by atoms with E-state index in [1.54, 1.807) is 29.8 Å². The van der Waals surface area contributed by atoms with Crippen molar-refractivity contribution >= 4 is 27.4 Å². The summed E-state index contributed by atoms with van der Waals surface area (Å²) in [5.74, 6) is 0.589. The van der Waals surface area contributed by atoms with Crippen molar-refractivity contribution in [1.82, 2.24) is 9.97 Å². The van der Waals surface area contributed by atoms with Crippen LogP contribution in [-0.2, 0) is 6.54 Å². The van der Waals surface area contributed by atoms with Gasteiger partial charge in [0.25, 0.3) is 0 Å². The molecule has 0 amide bonds. The summed E-state index contributed by atoms with van der Waals surface area (Å²) in [6, 6.07) is 8.42. The molecule has 18 heavy (non-hydrogen) atoms. The molecule has 3 rings (SSSR count). The summed E-state index contributed by atoms with van der Waals surface area (Å²) in [6.07, 6.45) is 1.55. The number of benzene rings is 1. The molecule has 0 aliphatic carbocycles. The van der Waals surface area contributed by atoms with Crippen LogP contribution >= 0.6 is 11.3 Å². The van der Waals surface area contributed by atoms with Crippen molar-refractivity contribution in [2.24, 2.45) is 0 Å². The molecule has 2 heterocycles. The van der Waals surface area contributed by atoms with Crippen molar-refractivity contribution in [3.63, 3.8) is 0 Å². The van der Waals surface area contributed by atoms with Gasteiger partial charge in [-0.25, -0.2) is 14.4 Å². The Labute approximate surface area is 107 Å². The molecule has 0 aliphatic rings. The molecule has 1 aromatic carbocycles. The maximum atomic E-state index is 12.8. The first-order valence-electron chi connectivity index (χ1n) is 5.49. The average Bonchev–Trinajstić information content (AvgIpc) is 2.87. The zero-order valence-corrected chi connectivity index (χ0v) is 10.2. The second kappa shape index (κ2) is 4.70. The minimum absolute atomic E-state index is 0.221. The summed E-state index contributed by atoms with van der Waals surface area (Å²) in [5, 5.41) is 6.25. The Bertz CT molecular complexity index is 663. The highest BCUT2D eigenvalue weighted by molar-refractivity contribution is 7.16. The van der Waals surface area contributed by atoms with Crippen LogP contribution in [0.3, 0.4) is 0 Å². The molecule has 0 fully saturated rings. The normalized spacial score (nSPS) is 10.7. The Morgan fingerprint density at radius 2 is 1.94 bits per heavy atom. The first-order valence-corrected chi connectivity index (χ1v) is 6.37. The van der Waals surface area contributed by atoms with Gasteiger partial charge in [0.15, 0.2) is 0 Å². The van der Waals surface area contributed by atoms with E-state index in [1.807, 2.05) is 11.4 Å². The Balaban J connectivity index is 1.80. The predicted molar refractivity (Wildman–Crippen MR) is 71.1 cm³/mol. The molecule has 1 N–H and O–H groups in total. The van der Waals surface area contributed by atoms with Crippen LogP contribution < -0.4 is 5.32 Å². The number of hydrogen-bond acceptors (Lipinski definition) is 4. The van der Waals surface area contributed by atoms with E-state index < -0.39 is 0 Å². The number of nitrogens with zero attached hydrogens (tertiary/aromatic N) is 2. The quantitative estimate of drug-likeness (QED) is 0.783. The smallest absolute Gasteiger partial charge is 0.138 e. The molecule has 0 aliphatic heterocycles. The SMILES string of the molecule is Fc1ccc(CNc2ncnc3sccc23)cc1. The summed E-state index contributed by atoms with van der Waals surface area (Å²) < 4.78 is 12.8. The summed E-state index contributed by atoms with van der Waals surface area (Å²) in [4.78, 5) is 9.37. The number of halogens is 1. The number of thiophene rings is 1. The highest BCUT2D eigenvalue weighted by Gasteiger charge is 2.04. The molecule has 5 heteroatoms. The van der Waals surface area contributed by atoms with Crippen LogP contribution in [0.5, 0.6) is 0 Å². The molecule has 2 aromatic heterocycles. The van der Waals surface area contributed by atoms with Gasteiger partial charge in [0.05, 0.1) is 5.39 Å². The van der Waals surface area contributed by atoms with E-state index in [1.165, 1.54) is 12.1 Å². The summed E-state index contributed by atoms with van der Waals surface area (Å²) in [5.41, 5.74) is 1.01. The Hall–Kier alpha value is -2.01. The van der Waals surface area contributed by atoms with Gasteiger partial charge in [0, 0.05) is 6.54 Å². The summed E-state index contributed by atoms with van der Waals surface area (Å²) >= 11 is 1.58. The average molecular weight is 259 g/mol. The van der Waals surface area contributed by atoms with Crippen molar-refractivity contribution < 1.29 is 4.39 Å².